The van der Waals surface area contributed by atoms with Crippen LogP contribution in [-0.2, 0) is 4.79 Å². The highest BCUT2D eigenvalue weighted by molar-refractivity contribution is 5.76. The van der Waals surface area contributed by atoms with E-state index in [4.69, 9.17) is 0 Å². The Morgan fingerprint density at radius 3 is 2.75 bits per heavy atom. The van der Waals surface area contributed by atoms with E-state index < -0.39 is 0 Å². The van der Waals surface area contributed by atoms with Gasteiger partial charge in [-0.2, -0.15) is 0 Å². The van der Waals surface area contributed by atoms with Crippen LogP contribution >= 0.6 is 0 Å². The van der Waals surface area contributed by atoms with Crippen LogP contribution < -0.4 is 0 Å². The van der Waals surface area contributed by atoms with Gasteiger partial charge in [0.2, 0.25) is 5.91 Å². The summed E-state index contributed by atoms with van der Waals surface area (Å²) in [6, 6.07) is 0. The zero-order chi connectivity index (χ0) is 12.0. The molecule has 0 aromatic heterocycles. The molecule has 1 amide bonds. The second-order valence-electron chi connectivity index (χ2n) is 4.98. The number of piperidine rings is 1. The SMILES string of the molecule is CCCCCCC(=O)N1CCC(O)C(C)C1. The highest BCUT2D eigenvalue weighted by atomic mass is 16.3. The van der Waals surface area contributed by atoms with Gasteiger partial charge in [0, 0.05) is 19.5 Å². The molecule has 2 atom stereocenters. The summed E-state index contributed by atoms with van der Waals surface area (Å²) in [5.41, 5.74) is 0. The van der Waals surface area contributed by atoms with Crippen molar-refractivity contribution in [2.45, 2.75) is 58.5 Å². The van der Waals surface area contributed by atoms with E-state index in [-0.39, 0.29) is 17.9 Å². The van der Waals surface area contributed by atoms with Crippen LogP contribution in [0.15, 0.2) is 0 Å². The van der Waals surface area contributed by atoms with E-state index in [1.54, 1.807) is 0 Å². The van der Waals surface area contributed by atoms with Crippen molar-refractivity contribution in [3.05, 3.63) is 0 Å². The summed E-state index contributed by atoms with van der Waals surface area (Å²) in [5, 5.41) is 9.59. The van der Waals surface area contributed by atoms with Gasteiger partial charge in [0.15, 0.2) is 0 Å². The van der Waals surface area contributed by atoms with Crippen molar-refractivity contribution in [2.24, 2.45) is 5.92 Å². The fourth-order valence-electron chi connectivity index (χ4n) is 2.22. The van der Waals surface area contributed by atoms with E-state index in [1.807, 2.05) is 11.8 Å². The van der Waals surface area contributed by atoms with Crippen LogP contribution in [0.25, 0.3) is 0 Å². The highest BCUT2D eigenvalue weighted by Crippen LogP contribution is 2.17. The average molecular weight is 227 g/mol. The van der Waals surface area contributed by atoms with Crippen LogP contribution in [-0.4, -0.2) is 35.1 Å². The van der Waals surface area contributed by atoms with Gasteiger partial charge in [-0.1, -0.05) is 33.1 Å². The van der Waals surface area contributed by atoms with Crippen LogP contribution in [0.4, 0.5) is 0 Å². The first-order valence-corrected chi connectivity index (χ1v) is 6.61. The minimum Gasteiger partial charge on any atom is -0.393 e. The molecule has 2 unspecified atom stereocenters. The second kappa shape index (κ2) is 6.89. The quantitative estimate of drug-likeness (QED) is 0.731. The van der Waals surface area contributed by atoms with E-state index in [9.17, 15) is 9.90 Å². The number of rotatable bonds is 5. The van der Waals surface area contributed by atoms with Gasteiger partial charge in [-0.25, -0.2) is 0 Å². The molecule has 0 aliphatic carbocycles. The Morgan fingerprint density at radius 1 is 1.38 bits per heavy atom. The Bertz CT molecular complexity index is 218. The third-order valence-corrected chi connectivity index (χ3v) is 3.46. The number of aliphatic hydroxyl groups is 1. The van der Waals surface area contributed by atoms with Crippen LogP contribution in [0.2, 0.25) is 0 Å². The smallest absolute Gasteiger partial charge is 0.222 e. The highest BCUT2D eigenvalue weighted by Gasteiger charge is 2.26. The Hall–Kier alpha value is -0.570. The van der Waals surface area contributed by atoms with Crippen LogP contribution in [0.5, 0.6) is 0 Å². The maximum Gasteiger partial charge on any atom is 0.222 e. The van der Waals surface area contributed by atoms with E-state index in [1.165, 1.54) is 12.8 Å². The molecule has 1 aliphatic rings. The van der Waals surface area contributed by atoms with Crippen LogP contribution in [0.1, 0.15) is 52.4 Å². The first kappa shape index (κ1) is 13.5. The van der Waals surface area contributed by atoms with Crippen LogP contribution in [0, 0.1) is 5.92 Å². The summed E-state index contributed by atoms with van der Waals surface area (Å²) in [6.45, 7) is 5.66. The normalized spacial score (nSPS) is 25.8. The average Bonchev–Trinajstić information content (AvgIpc) is 2.28. The predicted octanol–water partition coefficient (Wildman–Crippen LogP) is 2.19. The molecule has 1 aliphatic heterocycles. The molecule has 94 valence electrons. The Morgan fingerprint density at radius 2 is 2.12 bits per heavy atom. The summed E-state index contributed by atoms with van der Waals surface area (Å²) < 4.78 is 0. The lowest BCUT2D eigenvalue weighted by Gasteiger charge is -2.34. The molecule has 1 rings (SSSR count). The van der Waals surface area contributed by atoms with E-state index >= 15 is 0 Å². The fraction of sp³-hybridized carbons (Fsp3) is 0.923. The summed E-state index contributed by atoms with van der Waals surface area (Å²) in [5.74, 6) is 0.503. The monoisotopic (exact) mass is 227 g/mol. The van der Waals surface area contributed by atoms with Gasteiger partial charge in [-0.05, 0) is 18.8 Å². The molecule has 0 aromatic rings. The van der Waals surface area contributed by atoms with Gasteiger partial charge in [-0.15, -0.1) is 0 Å². The summed E-state index contributed by atoms with van der Waals surface area (Å²) in [6.07, 6.45) is 5.81. The van der Waals surface area contributed by atoms with Crippen molar-refractivity contribution in [1.82, 2.24) is 4.90 Å². The second-order valence-corrected chi connectivity index (χ2v) is 4.98. The molecule has 1 fully saturated rings. The number of amides is 1. The predicted molar refractivity (Wildman–Crippen MR) is 65.1 cm³/mol. The number of nitrogens with zero attached hydrogens (tertiary/aromatic N) is 1. The molecule has 0 spiro atoms. The number of carbonyl (C=O) groups is 1. The van der Waals surface area contributed by atoms with Gasteiger partial charge >= 0.3 is 0 Å². The molecule has 16 heavy (non-hydrogen) atoms. The third-order valence-electron chi connectivity index (χ3n) is 3.46. The summed E-state index contributed by atoms with van der Waals surface area (Å²) >= 11 is 0. The van der Waals surface area contributed by atoms with E-state index in [0.717, 1.165) is 32.4 Å². The Kier molecular flexibility index (Phi) is 5.81. The molecule has 1 N–H and O–H groups in total. The number of hydrogen-bond donors (Lipinski definition) is 1. The lowest BCUT2D eigenvalue weighted by atomic mass is 9.96. The van der Waals surface area contributed by atoms with Gasteiger partial charge < -0.3 is 10.0 Å². The first-order chi connectivity index (χ1) is 7.65. The maximum atomic E-state index is 11.9. The molecule has 3 heteroatoms. The fourth-order valence-corrected chi connectivity index (χ4v) is 2.22. The lowest BCUT2D eigenvalue weighted by Crippen LogP contribution is -2.44. The molecule has 0 bridgehead atoms. The molecule has 1 saturated heterocycles. The van der Waals surface area contributed by atoms with Crippen molar-refractivity contribution in [3.8, 4) is 0 Å². The zero-order valence-corrected chi connectivity index (χ0v) is 10.6. The molecule has 0 saturated carbocycles. The van der Waals surface area contributed by atoms with Crippen molar-refractivity contribution in [2.75, 3.05) is 13.1 Å². The summed E-state index contributed by atoms with van der Waals surface area (Å²) in [4.78, 5) is 13.8. The largest absolute Gasteiger partial charge is 0.393 e. The van der Waals surface area contributed by atoms with Crippen molar-refractivity contribution < 1.29 is 9.90 Å². The van der Waals surface area contributed by atoms with Crippen LogP contribution in [0.3, 0.4) is 0 Å². The Labute approximate surface area is 98.8 Å². The standard InChI is InChI=1S/C13H25NO2/c1-3-4-5-6-7-13(16)14-9-8-12(15)11(2)10-14/h11-12,15H,3-10H2,1-2H3. The molecular weight excluding hydrogens is 202 g/mol. The van der Waals surface area contributed by atoms with Crippen molar-refractivity contribution in [3.63, 3.8) is 0 Å². The summed E-state index contributed by atoms with van der Waals surface area (Å²) in [7, 11) is 0. The van der Waals surface area contributed by atoms with Crippen molar-refractivity contribution in [1.29, 1.82) is 0 Å². The minimum absolute atomic E-state index is 0.218. The van der Waals surface area contributed by atoms with Gasteiger partial charge in [0.05, 0.1) is 6.10 Å². The number of likely N-dealkylation sites (tertiary alicyclic amines) is 1. The van der Waals surface area contributed by atoms with Gasteiger partial charge in [0.25, 0.3) is 0 Å². The van der Waals surface area contributed by atoms with E-state index in [0.29, 0.717) is 6.42 Å². The number of aliphatic hydroxyl groups excluding tert-OH is 1. The molecule has 0 aromatic carbocycles. The lowest BCUT2D eigenvalue weighted by molar-refractivity contribution is -0.134. The number of hydrogen-bond acceptors (Lipinski definition) is 2. The molecule has 1 heterocycles. The maximum absolute atomic E-state index is 11.9. The first-order valence-electron chi connectivity index (χ1n) is 6.61. The van der Waals surface area contributed by atoms with E-state index in [2.05, 4.69) is 6.92 Å². The number of carbonyl (C=O) groups excluding carboxylic acids is 1. The zero-order valence-electron chi connectivity index (χ0n) is 10.6. The molecular formula is C13H25NO2. The third kappa shape index (κ3) is 4.12. The molecule has 0 radical (unpaired) electrons. The number of unbranched alkanes of at least 4 members (excludes halogenated alkanes) is 3. The Balaban J connectivity index is 2.21. The van der Waals surface area contributed by atoms with Gasteiger partial charge in [0.1, 0.15) is 0 Å². The van der Waals surface area contributed by atoms with Gasteiger partial charge in [-0.3, -0.25) is 4.79 Å². The minimum atomic E-state index is -0.218. The topological polar surface area (TPSA) is 40.5 Å². The molecule has 3 nitrogen and oxygen atoms in total. The van der Waals surface area contributed by atoms with Crippen molar-refractivity contribution >= 4 is 5.91 Å².